The van der Waals surface area contributed by atoms with Crippen molar-refractivity contribution >= 4 is 0 Å². The molecule has 0 aliphatic carbocycles. The topological polar surface area (TPSA) is 23.8 Å². The molecular formula is C7H9N. The van der Waals surface area contributed by atoms with Crippen LogP contribution in [0, 0.1) is 11.3 Å². The molecule has 0 aliphatic rings. The largest absolute Gasteiger partial charge is 0.198 e. The van der Waals surface area contributed by atoms with Gasteiger partial charge in [-0.15, -0.1) is 0 Å². The van der Waals surface area contributed by atoms with Crippen molar-refractivity contribution in [3.8, 4) is 6.07 Å². The number of rotatable bonds is 3. The fourth-order valence-electron chi connectivity index (χ4n) is 0.340. The summed E-state index contributed by atoms with van der Waals surface area (Å²) < 4.78 is 0. The number of allylic oxidation sites excluding steroid dienone is 3. The Morgan fingerprint density at radius 1 is 1.62 bits per heavy atom. The fraction of sp³-hybridized carbons (Fsp3) is 0.286. The maximum absolute atomic E-state index is 8.06. The number of hydrogen-bond acceptors (Lipinski definition) is 1. The molecule has 8 heavy (non-hydrogen) atoms. The van der Waals surface area contributed by atoms with E-state index < -0.39 is 0 Å². The molecule has 0 aliphatic heterocycles. The van der Waals surface area contributed by atoms with Crippen molar-refractivity contribution < 1.29 is 0 Å². The van der Waals surface area contributed by atoms with Crippen LogP contribution in [0.4, 0.5) is 0 Å². The number of nitrogens with zero attached hydrogens (tertiary/aromatic N) is 1. The molecule has 0 aromatic carbocycles. The highest BCUT2D eigenvalue weighted by molar-refractivity contribution is 4.97. The van der Waals surface area contributed by atoms with Gasteiger partial charge in [-0.25, -0.2) is 0 Å². The van der Waals surface area contributed by atoms with Crippen molar-refractivity contribution in [2.75, 3.05) is 0 Å². The predicted molar refractivity (Wildman–Crippen MR) is 34.2 cm³/mol. The zero-order chi connectivity index (χ0) is 6.24. The van der Waals surface area contributed by atoms with Gasteiger partial charge < -0.3 is 0 Å². The molecule has 0 heterocycles. The first kappa shape index (κ1) is 6.97. The van der Waals surface area contributed by atoms with Gasteiger partial charge in [0.2, 0.25) is 0 Å². The summed E-state index contributed by atoms with van der Waals surface area (Å²) in [7, 11) is 0. The minimum atomic E-state index is 0.602. The second kappa shape index (κ2) is 5.97. The zero-order valence-corrected chi connectivity index (χ0v) is 4.80. The lowest BCUT2D eigenvalue weighted by molar-refractivity contribution is 1.06. The van der Waals surface area contributed by atoms with Crippen molar-refractivity contribution in [3.05, 3.63) is 24.8 Å². The van der Waals surface area contributed by atoms with Crippen LogP contribution in [0.2, 0.25) is 0 Å². The van der Waals surface area contributed by atoms with Crippen LogP contribution < -0.4 is 0 Å². The lowest BCUT2D eigenvalue weighted by Gasteiger charge is -1.75. The van der Waals surface area contributed by atoms with Gasteiger partial charge in [-0.3, -0.25) is 0 Å². The average Bonchev–Trinajstić information content (AvgIpc) is 1.81. The monoisotopic (exact) mass is 107 g/mol. The van der Waals surface area contributed by atoms with Crippen LogP contribution >= 0.6 is 0 Å². The van der Waals surface area contributed by atoms with E-state index in [2.05, 4.69) is 6.58 Å². The molecule has 1 heteroatoms. The summed E-state index contributed by atoms with van der Waals surface area (Å²) in [5.74, 6) is 0. The molecule has 0 saturated carbocycles. The second-order valence-electron chi connectivity index (χ2n) is 1.36. The van der Waals surface area contributed by atoms with Gasteiger partial charge in [-0.2, -0.15) is 5.26 Å². The van der Waals surface area contributed by atoms with Gasteiger partial charge in [0.15, 0.2) is 0 Å². The third-order valence-electron chi connectivity index (χ3n) is 0.695. The molecule has 0 unspecified atom stereocenters. The standard InChI is InChI=1S/C7H9N/c1-2-3-4-5-6-7-8/h2-4H,1,5-6H2. The van der Waals surface area contributed by atoms with Crippen LogP contribution in [0.3, 0.4) is 0 Å². The Labute approximate surface area is 49.9 Å². The van der Waals surface area contributed by atoms with E-state index in [0.29, 0.717) is 6.42 Å². The molecule has 0 N–H and O–H groups in total. The van der Waals surface area contributed by atoms with E-state index in [-0.39, 0.29) is 0 Å². The first-order chi connectivity index (χ1) is 3.91. The highest BCUT2D eigenvalue weighted by Gasteiger charge is 1.72. The minimum absolute atomic E-state index is 0.602. The van der Waals surface area contributed by atoms with Gasteiger partial charge in [0.25, 0.3) is 0 Å². The average molecular weight is 107 g/mol. The van der Waals surface area contributed by atoms with Crippen LogP contribution in [-0.2, 0) is 0 Å². The van der Waals surface area contributed by atoms with Crippen LogP contribution in [0.5, 0.6) is 0 Å². The Morgan fingerprint density at radius 3 is 2.88 bits per heavy atom. The van der Waals surface area contributed by atoms with Crippen molar-refractivity contribution in [3.63, 3.8) is 0 Å². The van der Waals surface area contributed by atoms with Gasteiger partial charge in [-0.1, -0.05) is 24.8 Å². The van der Waals surface area contributed by atoms with Crippen molar-refractivity contribution in [1.82, 2.24) is 0 Å². The molecule has 0 rings (SSSR count). The highest BCUT2D eigenvalue weighted by Crippen LogP contribution is 1.87. The summed E-state index contributed by atoms with van der Waals surface area (Å²) in [5, 5.41) is 8.06. The highest BCUT2D eigenvalue weighted by atomic mass is 14.2. The summed E-state index contributed by atoms with van der Waals surface area (Å²) in [6.45, 7) is 3.49. The van der Waals surface area contributed by atoms with Crippen LogP contribution in [0.15, 0.2) is 24.8 Å². The Morgan fingerprint density at radius 2 is 2.38 bits per heavy atom. The van der Waals surface area contributed by atoms with Gasteiger partial charge in [0.05, 0.1) is 6.07 Å². The Bertz CT molecular complexity index is 117. The maximum atomic E-state index is 8.06. The molecule has 42 valence electrons. The molecule has 0 fully saturated rings. The van der Waals surface area contributed by atoms with Crippen molar-refractivity contribution in [2.24, 2.45) is 0 Å². The normalized spacial score (nSPS) is 8.88. The molecule has 0 aromatic rings. The van der Waals surface area contributed by atoms with E-state index in [1.54, 1.807) is 6.08 Å². The summed E-state index contributed by atoms with van der Waals surface area (Å²) >= 11 is 0. The second-order valence-corrected chi connectivity index (χ2v) is 1.36. The van der Waals surface area contributed by atoms with Crippen molar-refractivity contribution in [2.45, 2.75) is 12.8 Å². The van der Waals surface area contributed by atoms with E-state index in [1.807, 2.05) is 18.2 Å². The summed E-state index contributed by atoms with van der Waals surface area (Å²) in [6.07, 6.45) is 6.91. The van der Waals surface area contributed by atoms with Gasteiger partial charge in [-0.05, 0) is 6.42 Å². The molecule has 0 bridgehead atoms. The van der Waals surface area contributed by atoms with E-state index in [4.69, 9.17) is 5.26 Å². The van der Waals surface area contributed by atoms with E-state index in [9.17, 15) is 0 Å². The Hall–Kier alpha value is -1.03. The molecule has 1 nitrogen and oxygen atoms in total. The number of unbranched alkanes of at least 4 members (excludes halogenated alkanes) is 1. The lowest BCUT2D eigenvalue weighted by atomic mass is 10.3. The van der Waals surface area contributed by atoms with Crippen molar-refractivity contribution in [1.29, 1.82) is 5.26 Å². The van der Waals surface area contributed by atoms with Gasteiger partial charge in [0, 0.05) is 6.42 Å². The quantitative estimate of drug-likeness (QED) is 0.400. The van der Waals surface area contributed by atoms with E-state index >= 15 is 0 Å². The number of hydrogen-bond donors (Lipinski definition) is 0. The third-order valence-corrected chi connectivity index (χ3v) is 0.695. The molecule has 0 spiro atoms. The molecule has 0 amide bonds. The van der Waals surface area contributed by atoms with Crippen LogP contribution in [-0.4, -0.2) is 0 Å². The predicted octanol–water partition coefficient (Wildman–Crippen LogP) is 2.03. The van der Waals surface area contributed by atoms with Crippen LogP contribution in [0.25, 0.3) is 0 Å². The molecule has 0 radical (unpaired) electrons. The first-order valence-electron chi connectivity index (χ1n) is 2.56. The summed E-state index contributed by atoms with van der Waals surface area (Å²) in [5.41, 5.74) is 0. The molecule has 0 aromatic heterocycles. The fourth-order valence-corrected chi connectivity index (χ4v) is 0.340. The van der Waals surface area contributed by atoms with E-state index in [0.717, 1.165) is 6.42 Å². The third kappa shape index (κ3) is 4.97. The summed E-state index contributed by atoms with van der Waals surface area (Å²) in [6, 6.07) is 2.04. The summed E-state index contributed by atoms with van der Waals surface area (Å²) in [4.78, 5) is 0. The molecular weight excluding hydrogens is 98.1 g/mol. The van der Waals surface area contributed by atoms with E-state index in [1.165, 1.54) is 0 Å². The zero-order valence-electron chi connectivity index (χ0n) is 4.80. The van der Waals surface area contributed by atoms with Gasteiger partial charge >= 0.3 is 0 Å². The maximum Gasteiger partial charge on any atom is 0.0625 e. The minimum Gasteiger partial charge on any atom is -0.198 e. The van der Waals surface area contributed by atoms with Gasteiger partial charge in [0.1, 0.15) is 0 Å². The Kier molecular flexibility index (Phi) is 5.20. The lowest BCUT2D eigenvalue weighted by Crippen LogP contribution is -1.60. The first-order valence-corrected chi connectivity index (χ1v) is 2.56. The number of nitriles is 1. The Balaban J connectivity index is 3.06. The van der Waals surface area contributed by atoms with Crippen LogP contribution in [0.1, 0.15) is 12.8 Å². The SMILES string of the molecule is C=CC=CCCC#N. The molecule has 0 atom stereocenters. The smallest absolute Gasteiger partial charge is 0.0625 e. The molecule has 0 saturated heterocycles.